The van der Waals surface area contributed by atoms with Crippen LogP contribution in [0.3, 0.4) is 0 Å². The predicted octanol–water partition coefficient (Wildman–Crippen LogP) is 4.48. The van der Waals surface area contributed by atoms with Crippen LogP contribution in [0, 0.1) is 0 Å². The maximum Gasteiger partial charge on any atom is 0.343 e. The standard InChI is InChI=1S/C27H35N3O6S/c1-6-27(3,4)28-25(31)18-12-15-24(23(16-18)35-5)37(33,34)30-21-14-13-20(36-7-2)17-22(21)29(26(30)32)19-10-8-9-11-19/h12-17,19H,6-11H2,1-5H3,(H,28,31). The first kappa shape index (κ1) is 26.8. The van der Waals surface area contributed by atoms with Crippen molar-refractivity contribution in [2.24, 2.45) is 0 Å². The molecule has 10 heteroatoms. The van der Waals surface area contributed by atoms with Gasteiger partial charge in [0.25, 0.3) is 15.9 Å². The molecular weight excluding hydrogens is 494 g/mol. The van der Waals surface area contributed by atoms with Crippen LogP contribution in [0.25, 0.3) is 11.0 Å². The van der Waals surface area contributed by atoms with E-state index in [9.17, 15) is 18.0 Å². The summed E-state index contributed by atoms with van der Waals surface area (Å²) in [5.41, 5.74) is 0.00534. The Hall–Kier alpha value is -3.27. The minimum atomic E-state index is -4.37. The summed E-state index contributed by atoms with van der Waals surface area (Å²) >= 11 is 0. The van der Waals surface area contributed by atoms with E-state index in [1.54, 1.807) is 22.8 Å². The van der Waals surface area contributed by atoms with Gasteiger partial charge < -0.3 is 14.8 Å². The number of benzene rings is 2. The van der Waals surface area contributed by atoms with Gasteiger partial charge in [-0.3, -0.25) is 9.36 Å². The van der Waals surface area contributed by atoms with Gasteiger partial charge in [0.1, 0.15) is 16.4 Å². The van der Waals surface area contributed by atoms with Gasteiger partial charge in [-0.25, -0.2) is 13.2 Å². The summed E-state index contributed by atoms with van der Waals surface area (Å²) in [5, 5.41) is 2.93. The van der Waals surface area contributed by atoms with E-state index in [2.05, 4.69) is 5.32 Å². The number of hydrogen-bond donors (Lipinski definition) is 1. The molecule has 37 heavy (non-hydrogen) atoms. The predicted molar refractivity (Wildman–Crippen MR) is 142 cm³/mol. The lowest BCUT2D eigenvalue weighted by molar-refractivity contribution is 0.0910. The van der Waals surface area contributed by atoms with Crippen LogP contribution in [0.5, 0.6) is 11.5 Å². The lowest BCUT2D eigenvalue weighted by Gasteiger charge is -2.24. The quantitative estimate of drug-likeness (QED) is 0.438. The van der Waals surface area contributed by atoms with Gasteiger partial charge in [0.2, 0.25) is 0 Å². The van der Waals surface area contributed by atoms with Crippen LogP contribution in [-0.4, -0.2) is 42.1 Å². The highest BCUT2D eigenvalue weighted by Crippen LogP contribution is 2.34. The molecule has 2 aromatic carbocycles. The molecule has 1 aliphatic carbocycles. The fourth-order valence-electron chi connectivity index (χ4n) is 4.76. The van der Waals surface area contributed by atoms with Gasteiger partial charge in [0.05, 0.1) is 24.8 Å². The number of fused-ring (bicyclic) bond motifs is 1. The average Bonchev–Trinajstić information content (AvgIpc) is 3.48. The van der Waals surface area contributed by atoms with Crippen molar-refractivity contribution in [2.45, 2.75) is 76.3 Å². The Kier molecular flexibility index (Phi) is 7.41. The second-order valence-corrected chi connectivity index (χ2v) is 11.8. The summed E-state index contributed by atoms with van der Waals surface area (Å²) in [6.07, 6.45) is 4.29. The van der Waals surface area contributed by atoms with Crippen LogP contribution in [0.15, 0.2) is 46.1 Å². The van der Waals surface area contributed by atoms with Gasteiger partial charge >= 0.3 is 5.69 Å². The number of amides is 1. The molecule has 1 heterocycles. The van der Waals surface area contributed by atoms with Gasteiger partial charge in [-0.05, 0) is 70.4 Å². The van der Waals surface area contributed by atoms with Gasteiger partial charge in [0.15, 0.2) is 0 Å². The highest BCUT2D eigenvalue weighted by Gasteiger charge is 2.32. The second-order valence-electron chi connectivity index (χ2n) is 10.0. The number of methoxy groups -OCH3 is 1. The first-order chi connectivity index (χ1) is 17.5. The molecule has 0 bridgehead atoms. The zero-order chi connectivity index (χ0) is 27.0. The zero-order valence-corrected chi connectivity index (χ0v) is 22.9. The van der Waals surface area contributed by atoms with E-state index >= 15 is 0 Å². The van der Waals surface area contributed by atoms with E-state index < -0.39 is 21.3 Å². The Morgan fingerprint density at radius 3 is 2.41 bits per heavy atom. The summed E-state index contributed by atoms with van der Waals surface area (Å²) in [6, 6.07) is 9.06. The maximum atomic E-state index is 14.0. The first-order valence-electron chi connectivity index (χ1n) is 12.7. The molecule has 200 valence electrons. The van der Waals surface area contributed by atoms with E-state index in [0.717, 1.165) is 36.1 Å². The Labute approximate surface area is 217 Å². The number of imidazole rings is 1. The molecule has 9 nitrogen and oxygen atoms in total. The summed E-state index contributed by atoms with van der Waals surface area (Å²) in [4.78, 5) is 26.3. The zero-order valence-electron chi connectivity index (χ0n) is 22.0. The monoisotopic (exact) mass is 529 g/mol. The normalized spacial score (nSPS) is 14.7. The average molecular weight is 530 g/mol. The number of ether oxygens (including phenoxy) is 2. The molecule has 3 aromatic rings. The SMILES string of the molecule is CCOc1ccc2c(c1)n(C1CCCC1)c(=O)n2S(=O)(=O)c1ccc(C(=O)NC(C)(C)CC)cc1OC. The summed E-state index contributed by atoms with van der Waals surface area (Å²) < 4.78 is 41.4. The molecule has 0 atom stereocenters. The molecule has 1 saturated carbocycles. The molecule has 0 radical (unpaired) electrons. The molecule has 0 aliphatic heterocycles. The van der Waals surface area contributed by atoms with E-state index in [-0.39, 0.29) is 33.7 Å². The van der Waals surface area contributed by atoms with Crippen LogP contribution < -0.4 is 20.5 Å². The summed E-state index contributed by atoms with van der Waals surface area (Å²) in [7, 11) is -3.03. The number of carbonyl (C=O) groups is 1. The number of rotatable bonds is 9. The lowest BCUT2D eigenvalue weighted by atomic mass is 10.0. The number of aromatic nitrogens is 2. The fourth-order valence-corrected chi connectivity index (χ4v) is 6.30. The minimum Gasteiger partial charge on any atom is -0.495 e. The van der Waals surface area contributed by atoms with E-state index in [0.29, 0.717) is 17.9 Å². The van der Waals surface area contributed by atoms with E-state index in [1.807, 2.05) is 27.7 Å². The van der Waals surface area contributed by atoms with Gasteiger partial charge in [-0.15, -0.1) is 0 Å². The highest BCUT2D eigenvalue weighted by molar-refractivity contribution is 7.90. The van der Waals surface area contributed by atoms with Crippen LogP contribution in [0.2, 0.25) is 0 Å². The van der Waals surface area contributed by atoms with Crippen molar-refractivity contribution in [1.82, 2.24) is 13.9 Å². The third-order valence-electron chi connectivity index (χ3n) is 7.09. The Balaban J connectivity index is 1.86. The smallest absolute Gasteiger partial charge is 0.343 e. The van der Waals surface area contributed by atoms with Crippen LogP contribution in [-0.2, 0) is 10.0 Å². The summed E-state index contributed by atoms with van der Waals surface area (Å²) in [5.74, 6) is 0.216. The highest BCUT2D eigenvalue weighted by atomic mass is 32.2. The van der Waals surface area contributed by atoms with Crippen molar-refractivity contribution >= 4 is 27.0 Å². The molecule has 4 rings (SSSR count). The van der Waals surface area contributed by atoms with Crippen molar-refractivity contribution in [3.05, 3.63) is 52.4 Å². The molecule has 1 amide bonds. The number of hydrogen-bond acceptors (Lipinski definition) is 6. The van der Waals surface area contributed by atoms with Gasteiger partial charge in [-0.1, -0.05) is 19.8 Å². The topological polar surface area (TPSA) is 109 Å². The Morgan fingerprint density at radius 1 is 1.08 bits per heavy atom. The molecule has 0 unspecified atom stereocenters. The molecule has 1 fully saturated rings. The van der Waals surface area contributed by atoms with Crippen molar-refractivity contribution < 1.29 is 22.7 Å². The minimum absolute atomic E-state index is 0.0124. The van der Waals surface area contributed by atoms with Crippen molar-refractivity contribution in [2.75, 3.05) is 13.7 Å². The largest absolute Gasteiger partial charge is 0.495 e. The molecule has 0 spiro atoms. The Bertz CT molecular complexity index is 1480. The maximum absolute atomic E-state index is 14.0. The second kappa shape index (κ2) is 10.2. The number of carbonyl (C=O) groups excluding carboxylic acids is 1. The van der Waals surface area contributed by atoms with E-state index in [4.69, 9.17) is 9.47 Å². The number of nitrogens with one attached hydrogen (secondary N) is 1. The number of nitrogens with zero attached hydrogens (tertiary/aromatic N) is 2. The van der Waals surface area contributed by atoms with Crippen LogP contribution in [0.4, 0.5) is 0 Å². The van der Waals surface area contributed by atoms with Crippen molar-refractivity contribution in [1.29, 1.82) is 0 Å². The third-order valence-corrected chi connectivity index (χ3v) is 8.81. The molecule has 0 saturated heterocycles. The molecule has 1 aromatic heterocycles. The first-order valence-corrected chi connectivity index (χ1v) is 14.1. The molecule has 1 aliphatic rings. The van der Waals surface area contributed by atoms with Crippen molar-refractivity contribution in [3.63, 3.8) is 0 Å². The van der Waals surface area contributed by atoms with Crippen molar-refractivity contribution in [3.8, 4) is 11.5 Å². The van der Waals surface area contributed by atoms with Crippen LogP contribution >= 0.6 is 0 Å². The molecular formula is C27H35N3O6S. The summed E-state index contributed by atoms with van der Waals surface area (Å²) in [6.45, 7) is 8.09. The van der Waals surface area contributed by atoms with E-state index in [1.165, 1.54) is 25.3 Å². The van der Waals surface area contributed by atoms with Gasteiger partial charge in [-0.2, -0.15) is 3.97 Å². The fraction of sp³-hybridized carbons (Fsp3) is 0.481. The molecule has 1 N–H and O–H groups in total. The van der Waals surface area contributed by atoms with Crippen LogP contribution in [0.1, 0.15) is 76.2 Å². The third kappa shape index (κ3) is 4.99. The lowest BCUT2D eigenvalue weighted by Crippen LogP contribution is -2.42. The van der Waals surface area contributed by atoms with Gasteiger partial charge in [0, 0.05) is 23.2 Å². The Morgan fingerprint density at radius 2 is 1.78 bits per heavy atom.